The van der Waals surface area contributed by atoms with Crippen molar-refractivity contribution in [2.45, 2.75) is 12.3 Å². The second kappa shape index (κ2) is 3.82. The van der Waals surface area contributed by atoms with E-state index in [1.165, 1.54) is 22.5 Å². The fourth-order valence-corrected chi connectivity index (χ4v) is 3.68. The van der Waals surface area contributed by atoms with Gasteiger partial charge >= 0.3 is 0 Å². The van der Waals surface area contributed by atoms with E-state index in [-0.39, 0.29) is 11.7 Å². The second-order valence-electron chi connectivity index (χ2n) is 3.92. The van der Waals surface area contributed by atoms with Crippen molar-refractivity contribution in [3.05, 3.63) is 56.2 Å². The Bertz CT molecular complexity index is 559. The van der Waals surface area contributed by atoms with Crippen LogP contribution in [-0.4, -0.2) is 5.78 Å². The third-order valence-electron chi connectivity index (χ3n) is 3.01. The molecule has 0 aliphatic heterocycles. The molecule has 3 heteroatoms. The molecule has 1 nitrogen and oxygen atoms in total. The molecule has 0 fully saturated rings. The first-order valence-electron chi connectivity index (χ1n) is 5.12. The van der Waals surface area contributed by atoms with Crippen LogP contribution in [0.1, 0.15) is 26.7 Å². The van der Waals surface area contributed by atoms with Gasteiger partial charge in [0.1, 0.15) is 0 Å². The van der Waals surface area contributed by atoms with E-state index in [4.69, 9.17) is 0 Å². The molecule has 0 amide bonds. The number of benzene rings is 1. The van der Waals surface area contributed by atoms with E-state index in [9.17, 15) is 4.79 Å². The van der Waals surface area contributed by atoms with Gasteiger partial charge in [-0.25, -0.2) is 0 Å². The standard InChI is InChI=1S/C13H9BrOS/c14-11-5-6-16-13(11)12(15)10-7-8-3-1-2-4-9(8)10/h1-6,10H,7H2. The molecule has 0 bridgehead atoms. The molecule has 1 heterocycles. The van der Waals surface area contributed by atoms with Crippen LogP contribution in [0.15, 0.2) is 40.2 Å². The summed E-state index contributed by atoms with van der Waals surface area (Å²) in [7, 11) is 0. The summed E-state index contributed by atoms with van der Waals surface area (Å²) in [5, 5.41) is 1.95. The number of thiophene rings is 1. The molecule has 1 aromatic carbocycles. The summed E-state index contributed by atoms with van der Waals surface area (Å²) in [5.41, 5.74) is 2.52. The maximum absolute atomic E-state index is 12.3. The zero-order chi connectivity index (χ0) is 11.1. The topological polar surface area (TPSA) is 17.1 Å². The molecule has 1 aliphatic carbocycles. The van der Waals surface area contributed by atoms with Gasteiger partial charge in [0.2, 0.25) is 0 Å². The molecule has 16 heavy (non-hydrogen) atoms. The van der Waals surface area contributed by atoms with Crippen molar-refractivity contribution in [3.8, 4) is 0 Å². The predicted octanol–water partition coefficient (Wildman–Crippen LogP) is 4.03. The number of hydrogen-bond donors (Lipinski definition) is 0. The molecule has 80 valence electrons. The molecule has 1 atom stereocenters. The highest BCUT2D eigenvalue weighted by molar-refractivity contribution is 9.10. The van der Waals surface area contributed by atoms with Gasteiger partial charge in [0.25, 0.3) is 0 Å². The summed E-state index contributed by atoms with van der Waals surface area (Å²) >= 11 is 4.93. The summed E-state index contributed by atoms with van der Waals surface area (Å²) in [6.07, 6.45) is 0.888. The lowest BCUT2D eigenvalue weighted by atomic mass is 9.75. The maximum atomic E-state index is 12.3. The Kier molecular flexibility index (Phi) is 2.45. The average molecular weight is 293 g/mol. The molecule has 0 spiro atoms. The van der Waals surface area contributed by atoms with Crippen LogP contribution in [0.3, 0.4) is 0 Å². The normalized spacial score (nSPS) is 17.7. The van der Waals surface area contributed by atoms with Crippen LogP contribution in [0.4, 0.5) is 0 Å². The Morgan fingerprint density at radius 1 is 1.31 bits per heavy atom. The van der Waals surface area contributed by atoms with Gasteiger partial charge < -0.3 is 0 Å². The van der Waals surface area contributed by atoms with Crippen molar-refractivity contribution in [3.63, 3.8) is 0 Å². The van der Waals surface area contributed by atoms with Gasteiger partial charge in [0, 0.05) is 4.47 Å². The molecule has 0 N–H and O–H groups in total. The molecule has 1 aromatic heterocycles. The van der Waals surface area contributed by atoms with E-state index in [1.807, 2.05) is 23.6 Å². The minimum absolute atomic E-state index is 0.0751. The first kappa shape index (κ1) is 10.2. The average Bonchev–Trinajstić information content (AvgIpc) is 2.66. The van der Waals surface area contributed by atoms with Crippen molar-refractivity contribution >= 4 is 33.0 Å². The van der Waals surface area contributed by atoms with E-state index in [2.05, 4.69) is 28.1 Å². The highest BCUT2D eigenvalue weighted by Gasteiger charge is 2.33. The molecular weight excluding hydrogens is 284 g/mol. The molecule has 0 radical (unpaired) electrons. The lowest BCUT2D eigenvalue weighted by Gasteiger charge is -2.28. The number of ketones is 1. The maximum Gasteiger partial charge on any atom is 0.181 e. The van der Waals surface area contributed by atoms with Gasteiger partial charge in [-0.1, -0.05) is 24.3 Å². The highest BCUT2D eigenvalue weighted by atomic mass is 79.9. The van der Waals surface area contributed by atoms with Crippen LogP contribution in [0.2, 0.25) is 0 Å². The molecule has 0 saturated carbocycles. The lowest BCUT2D eigenvalue weighted by Crippen LogP contribution is -2.24. The lowest BCUT2D eigenvalue weighted by molar-refractivity contribution is 0.0952. The van der Waals surface area contributed by atoms with Gasteiger partial charge in [-0.05, 0) is 44.9 Å². The summed E-state index contributed by atoms with van der Waals surface area (Å²) in [6, 6.07) is 10.1. The number of rotatable bonds is 2. The molecule has 1 aliphatic rings. The first-order chi connectivity index (χ1) is 7.77. The van der Waals surface area contributed by atoms with Crippen LogP contribution in [0, 0.1) is 0 Å². The van der Waals surface area contributed by atoms with E-state index in [0.29, 0.717) is 0 Å². The number of Topliss-reactive ketones (excluding diaryl/α,β-unsaturated/α-hetero) is 1. The highest BCUT2D eigenvalue weighted by Crippen LogP contribution is 2.39. The fourth-order valence-electron chi connectivity index (χ4n) is 2.12. The van der Waals surface area contributed by atoms with Crippen molar-refractivity contribution in [1.29, 1.82) is 0 Å². The molecular formula is C13H9BrOS. The monoisotopic (exact) mass is 292 g/mol. The third-order valence-corrected chi connectivity index (χ3v) is 4.86. The van der Waals surface area contributed by atoms with Gasteiger partial charge in [-0.2, -0.15) is 0 Å². The Morgan fingerprint density at radius 2 is 2.12 bits per heavy atom. The van der Waals surface area contributed by atoms with Crippen LogP contribution >= 0.6 is 27.3 Å². The van der Waals surface area contributed by atoms with Crippen molar-refractivity contribution < 1.29 is 4.79 Å². The van der Waals surface area contributed by atoms with Crippen molar-refractivity contribution in [2.24, 2.45) is 0 Å². The van der Waals surface area contributed by atoms with Gasteiger partial charge in [-0.15, -0.1) is 11.3 Å². The van der Waals surface area contributed by atoms with Gasteiger partial charge in [0.15, 0.2) is 5.78 Å². The number of hydrogen-bond acceptors (Lipinski definition) is 2. The summed E-state index contributed by atoms with van der Waals surface area (Å²) in [4.78, 5) is 13.1. The SMILES string of the molecule is O=C(c1sccc1Br)C1Cc2ccccc21. The van der Waals surface area contributed by atoms with Crippen LogP contribution in [0.25, 0.3) is 0 Å². The summed E-state index contributed by atoms with van der Waals surface area (Å²) in [6.45, 7) is 0. The molecule has 3 rings (SSSR count). The molecule has 0 saturated heterocycles. The Labute approximate surface area is 106 Å². The zero-order valence-corrected chi connectivity index (χ0v) is 10.8. The zero-order valence-electron chi connectivity index (χ0n) is 8.44. The summed E-state index contributed by atoms with van der Waals surface area (Å²) < 4.78 is 0.923. The van der Waals surface area contributed by atoms with Gasteiger partial charge in [-0.3, -0.25) is 4.79 Å². The Hall–Kier alpha value is -0.930. The van der Waals surface area contributed by atoms with Gasteiger partial charge in [0.05, 0.1) is 10.8 Å². The minimum atomic E-state index is 0.0751. The van der Waals surface area contributed by atoms with Crippen molar-refractivity contribution in [2.75, 3.05) is 0 Å². The Balaban J connectivity index is 1.93. The van der Waals surface area contributed by atoms with E-state index in [1.54, 1.807) is 0 Å². The number of carbonyl (C=O) groups is 1. The minimum Gasteiger partial charge on any atom is -0.293 e. The fraction of sp³-hybridized carbons (Fsp3) is 0.154. The third kappa shape index (κ3) is 1.46. The van der Waals surface area contributed by atoms with E-state index >= 15 is 0 Å². The van der Waals surface area contributed by atoms with E-state index < -0.39 is 0 Å². The number of halogens is 1. The second-order valence-corrected chi connectivity index (χ2v) is 5.69. The first-order valence-corrected chi connectivity index (χ1v) is 6.79. The smallest absolute Gasteiger partial charge is 0.181 e. The summed E-state index contributed by atoms with van der Waals surface area (Å²) in [5.74, 6) is 0.326. The molecule has 1 unspecified atom stereocenters. The quantitative estimate of drug-likeness (QED) is 0.764. The van der Waals surface area contributed by atoms with Crippen LogP contribution in [0.5, 0.6) is 0 Å². The predicted molar refractivity (Wildman–Crippen MR) is 69.2 cm³/mol. The molecule has 2 aromatic rings. The number of fused-ring (bicyclic) bond motifs is 1. The van der Waals surface area contributed by atoms with Crippen LogP contribution < -0.4 is 0 Å². The largest absolute Gasteiger partial charge is 0.293 e. The van der Waals surface area contributed by atoms with Crippen LogP contribution in [-0.2, 0) is 6.42 Å². The Morgan fingerprint density at radius 3 is 2.81 bits per heavy atom. The number of carbonyl (C=O) groups excluding carboxylic acids is 1. The van der Waals surface area contributed by atoms with E-state index in [0.717, 1.165) is 15.8 Å². The van der Waals surface area contributed by atoms with Crippen molar-refractivity contribution in [1.82, 2.24) is 0 Å².